The Balaban J connectivity index is 1.47. The van der Waals surface area contributed by atoms with Crippen LogP contribution in [-0.2, 0) is 12.8 Å². The predicted molar refractivity (Wildman–Crippen MR) is 80.6 cm³/mol. The molecule has 4 unspecified atom stereocenters. The third-order valence-corrected chi connectivity index (χ3v) is 6.31. The molecule has 0 aliphatic heterocycles. The molecule has 1 heteroatoms. The van der Waals surface area contributed by atoms with Gasteiger partial charge in [0, 0.05) is 0 Å². The zero-order valence-electron chi connectivity index (χ0n) is 11.6. The average Bonchev–Trinajstić information content (AvgIpc) is 3.13. The highest BCUT2D eigenvalue weighted by atomic mass is 35.5. The van der Waals surface area contributed by atoms with Crippen LogP contribution in [0.2, 0.25) is 0 Å². The second-order valence-electron chi connectivity index (χ2n) is 7.02. The molecule has 0 radical (unpaired) electrons. The molecule has 0 amide bonds. The molecular weight excluding hydrogens is 252 g/mol. The van der Waals surface area contributed by atoms with E-state index in [0.29, 0.717) is 0 Å². The molecule has 0 saturated heterocycles. The Labute approximate surface area is 121 Å². The summed E-state index contributed by atoms with van der Waals surface area (Å²) in [4.78, 5) is 0. The fourth-order valence-corrected chi connectivity index (χ4v) is 5.22. The SMILES string of the molecule is ClC(CC1CC2CCC1C2)c1ccc2c(c1)CCC2. The Kier molecular flexibility index (Phi) is 3.10. The van der Waals surface area contributed by atoms with Crippen molar-refractivity contribution >= 4 is 11.6 Å². The van der Waals surface area contributed by atoms with Crippen molar-refractivity contribution in [2.75, 3.05) is 0 Å². The number of rotatable bonds is 3. The molecule has 0 nitrogen and oxygen atoms in total. The van der Waals surface area contributed by atoms with E-state index in [-0.39, 0.29) is 5.38 Å². The highest BCUT2D eigenvalue weighted by molar-refractivity contribution is 6.20. The van der Waals surface area contributed by atoms with Crippen LogP contribution in [-0.4, -0.2) is 0 Å². The fraction of sp³-hybridized carbons (Fsp3) is 0.667. The molecule has 0 spiro atoms. The lowest BCUT2D eigenvalue weighted by Crippen LogP contribution is -2.12. The summed E-state index contributed by atoms with van der Waals surface area (Å²) in [6.45, 7) is 0. The highest BCUT2D eigenvalue weighted by Gasteiger charge is 2.40. The first-order valence-electron chi connectivity index (χ1n) is 8.05. The maximum absolute atomic E-state index is 6.73. The Morgan fingerprint density at radius 3 is 2.79 bits per heavy atom. The van der Waals surface area contributed by atoms with Crippen molar-refractivity contribution in [3.63, 3.8) is 0 Å². The number of alkyl halides is 1. The molecule has 4 rings (SSSR count). The number of aryl methyl sites for hydroxylation is 2. The van der Waals surface area contributed by atoms with Crippen LogP contribution in [0.3, 0.4) is 0 Å². The maximum Gasteiger partial charge on any atom is 0.0588 e. The van der Waals surface area contributed by atoms with Crippen LogP contribution in [0.15, 0.2) is 18.2 Å². The number of fused-ring (bicyclic) bond motifs is 3. The van der Waals surface area contributed by atoms with Gasteiger partial charge in [-0.25, -0.2) is 0 Å². The highest BCUT2D eigenvalue weighted by Crippen LogP contribution is 2.51. The van der Waals surface area contributed by atoms with Gasteiger partial charge >= 0.3 is 0 Å². The summed E-state index contributed by atoms with van der Waals surface area (Å²) in [5.41, 5.74) is 4.51. The second kappa shape index (κ2) is 4.81. The number of hydrogen-bond acceptors (Lipinski definition) is 0. The van der Waals surface area contributed by atoms with Crippen molar-refractivity contribution in [1.29, 1.82) is 0 Å². The lowest BCUT2D eigenvalue weighted by atomic mass is 9.84. The predicted octanol–water partition coefficient (Wildman–Crippen LogP) is 5.28. The van der Waals surface area contributed by atoms with Gasteiger partial charge in [0.05, 0.1) is 5.38 Å². The van der Waals surface area contributed by atoms with Crippen molar-refractivity contribution in [2.24, 2.45) is 17.8 Å². The summed E-state index contributed by atoms with van der Waals surface area (Å²) in [7, 11) is 0. The molecule has 1 aromatic carbocycles. The minimum atomic E-state index is 0.246. The van der Waals surface area contributed by atoms with Gasteiger partial charge in [-0.2, -0.15) is 0 Å². The smallest absolute Gasteiger partial charge is 0.0588 e. The molecule has 3 aliphatic carbocycles. The summed E-state index contributed by atoms with van der Waals surface area (Å²) >= 11 is 6.73. The van der Waals surface area contributed by atoms with Crippen LogP contribution in [0.5, 0.6) is 0 Å². The molecule has 2 saturated carbocycles. The van der Waals surface area contributed by atoms with E-state index in [2.05, 4.69) is 18.2 Å². The first-order chi connectivity index (χ1) is 9.29. The summed E-state index contributed by atoms with van der Waals surface area (Å²) in [5, 5.41) is 0.246. The van der Waals surface area contributed by atoms with E-state index in [1.165, 1.54) is 56.9 Å². The summed E-state index contributed by atoms with van der Waals surface area (Å²) in [6, 6.07) is 7.01. The van der Waals surface area contributed by atoms with Gasteiger partial charge in [-0.3, -0.25) is 0 Å². The summed E-state index contributed by atoms with van der Waals surface area (Å²) in [6.07, 6.45) is 11.0. The van der Waals surface area contributed by atoms with Crippen molar-refractivity contribution in [2.45, 2.75) is 56.7 Å². The van der Waals surface area contributed by atoms with Crippen LogP contribution < -0.4 is 0 Å². The van der Waals surface area contributed by atoms with E-state index >= 15 is 0 Å². The standard InChI is InChI=1S/C18H23Cl/c19-18(11-17-9-12-4-5-15(17)8-12)16-7-6-13-2-1-3-14(13)10-16/h6-7,10,12,15,17-18H,1-5,8-9,11H2. The van der Waals surface area contributed by atoms with Crippen LogP contribution in [0.4, 0.5) is 0 Å². The molecule has 102 valence electrons. The molecule has 0 heterocycles. The minimum absolute atomic E-state index is 0.246. The molecule has 0 N–H and O–H groups in total. The quantitative estimate of drug-likeness (QED) is 0.658. The van der Waals surface area contributed by atoms with Crippen molar-refractivity contribution in [3.05, 3.63) is 34.9 Å². The molecule has 0 aromatic heterocycles. The molecular formula is C18H23Cl. The normalized spacial score (nSPS) is 33.6. The van der Waals surface area contributed by atoms with E-state index in [1.54, 1.807) is 11.1 Å². The van der Waals surface area contributed by atoms with Crippen molar-refractivity contribution in [3.8, 4) is 0 Å². The van der Waals surface area contributed by atoms with Crippen LogP contribution in [0, 0.1) is 17.8 Å². The van der Waals surface area contributed by atoms with Crippen molar-refractivity contribution < 1.29 is 0 Å². The lowest BCUT2D eigenvalue weighted by molar-refractivity contribution is 0.312. The zero-order valence-corrected chi connectivity index (χ0v) is 12.3. The Hall–Kier alpha value is -0.490. The van der Waals surface area contributed by atoms with E-state index in [1.807, 2.05) is 0 Å². The first-order valence-corrected chi connectivity index (χ1v) is 8.49. The Bertz CT molecular complexity index is 479. The molecule has 4 atom stereocenters. The lowest BCUT2D eigenvalue weighted by Gasteiger charge is -2.24. The maximum atomic E-state index is 6.73. The molecule has 1 aromatic rings. The van der Waals surface area contributed by atoms with Gasteiger partial charge in [-0.15, -0.1) is 11.6 Å². The van der Waals surface area contributed by atoms with E-state index in [4.69, 9.17) is 11.6 Å². The molecule has 2 fully saturated rings. The molecule has 2 bridgehead atoms. The largest absolute Gasteiger partial charge is 0.118 e. The number of hydrogen-bond donors (Lipinski definition) is 0. The number of benzene rings is 1. The van der Waals surface area contributed by atoms with Gasteiger partial charge in [0.15, 0.2) is 0 Å². The summed E-state index contributed by atoms with van der Waals surface area (Å²) in [5.74, 6) is 2.95. The van der Waals surface area contributed by atoms with E-state index < -0.39 is 0 Å². The molecule has 3 aliphatic rings. The average molecular weight is 275 g/mol. The third-order valence-electron chi connectivity index (χ3n) is 5.88. The minimum Gasteiger partial charge on any atom is -0.118 e. The zero-order chi connectivity index (χ0) is 12.8. The Morgan fingerprint density at radius 1 is 1.11 bits per heavy atom. The number of halogens is 1. The summed E-state index contributed by atoms with van der Waals surface area (Å²) < 4.78 is 0. The van der Waals surface area contributed by atoms with Gasteiger partial charge in [0.2, 0.25) is 0 Å². The van der Waals surface area contributed by atoms with Crippen molar-refractivity contribution in [1.82, 2.24) is 0 Å². The van der Waals surface area contributed by atoms with Gasteiger partial charge in [-0.1, -0.05) is 24.6 Å². The monoisotopic (exact) mass is 274 g/mol. The van der Waals surface area contributed by atoms with Gasteiger partial charge in [-0.05, 0) is 79.4 Å². The van der Waals surface area contributed by atoms with E-state index in [9.17, 15) is 0 Å². The van der Waals surface area contributed by atoms with E-state index in [0.717, 1.165) is 17.8 Å². The van der Waals surface area contributed by atoms with Crippen LogP contribution in [0.25, 0.3) is 0 Å². The first kappa shape index (κ1) is 12.3. The Morgan fingerprint density at radius 2 is 2.00 bits per heavy atom. The fourth-order valence-electron chi connectivity index (χ4n) is 4.85. The van der Waals surface area contributed by atoms with Crippen LogP contribution in [0.1, 0.15) is 60.6 Å². The van der Waals surface area contributed by atoms with Gasteiger partial charge in [0.25, 0.3) is 0 Å². The van der Waals surface area contributed by atoms with Gasteiger partial charge in [0.1, 0.15) is 0 Å². The third kappa shape index (κ3) is 2.23. The van der Waals surface area contributed by atoms with Crippen LogP contribution >= 0.6 is 11.6 Å². The topological polar surface area (TPSA) is 0 Å². The molecule has 19 heavy (non-hydrogen) atoms. The van der Waals surface area contributed by atoms with Gasteiger partial charge < -0.3 is 0 Å². The second-order valence-corrected chi connectivity index (χ2v) is 7.55.